The number of carbonyl (C=O) groups is 1. The summed E-state index contributed by atoms with van der Waals surface area (Å²) in [4.78, 5) is 15.5. The zero-order chi connectivity index (χ0) is 13.6. The van der Waals surface area contributed by atoms with Gasteiger partial charge in [0.2, 0.25) is 5.91 Å². The second kappa shape index (κ2) is 12.2. The van der Waals surface area contributed by atoms with Crippen molar-refractivity contribution in [2.45, 2.75) is 46.0 Å². The maximum Gasteiger partial charge on any atom is 0.239 e. The number of nitrogens with one attached hydrogen (secondary N) is 3. The Labute approximate surface area is 111 Å². The molecule has 5 nitrogen and oxygen atoms in total. The van der Waals surface area contributed by atoms with Crippen LogP contribution in [0.3, 0.4) is 0 Å². The molecule has 0 radical (unpaired) electrons. The average molecular weight is 256 g/mol. The van der Waals surface area contributed by atoms with Gasteiger partial charge in [-0.15, -0.1) is 0 Å². The van der Waals surface area contributed by atoms with Gasteiger partial charge in [0.1, 0.15) is 0 Å². The van der Waals surface area contributed by atoms with Gasteiger partial charge in [0.05, 0.1) is 6.54 Å². The largest absolute Gasteiger partial charge is 0.356 e. The fourth-order valence-corrected chi connectivity index (χ4v) is 1.47. The molecule has 5 heteroatoms. The summed E-state index contributed by atoms with van der Waals surface area (Å²) in [5.41, 5.74) is 0. The number of guanidine groups is 1. The van der Waals surface area contributed by atoms with Crippen LogP contribution in [-0.2, 0) is 4.79 Å². The summed E-state index contributed by atoms with van der Waals surface area (Å²) >= 11 is 0. The van der Waals surface area contributed by atoms with Crippen molar-refractivity contribution in [3.05, 3.63) is 0 Å². The molecule has 0 aromatic carbocycles. The van der Waals surface area contributed by atoms with E-state index in [1.54, 1.807) is 7.05 Å². The van der Waals surface area contributed by atoms with Gasteiger partial charge in [0.15, 0.2) is 5.96 Å². The molecule has 0 bridgehead atoms. The lowest BCUT2D eigenvalue weighted by Gasteiger charge is -2.11. The predicted molar refractivity (Wildman–Crippen MR) is 76.8 cm³/mol. The molecule has 0 saturated carbocycles. The Hall–Kier alpha value is -1.26. The number of carbonyl (C=O) groups excluding carboxylic acids is 1. The monoisotopic (exact) mass is 256 g/mol. The summed E-state index contributed by atoms with van der Waals surface area (Å²) in [6.07, 6.45) is 5.84. The molecule has 0 aliphatic rings. The van der Waals surface area contributed by atoms with Crippen LogP contribution in [0.4, 0.5) is 0 Å². The first-order valence-corrected chi connectivity index (χ1v) is 6.95. The molecule has 0 aromatic heterocycles. The number of nitrogens with zero attached hydrogens (tertiary/aromatic N) is 1. The molecule has 18 heavy (non-hydrogen) atoms. The zero-order valence-corrected chi connectivity index (χ0v) is 12.0. The van der Waals surface area contributed by atoms with E-state index in [2.05, 4.69) is 27.9 Å². The van der Waals surface area contributed by atoms with Crippen LogP contribution in [0.25, 0.3) is 0 Å². The first-order chi connectivity index (χ1) is 8.74. The molecule has 0 aliphatic heterocycles. The fourth-order valence-electron chi connectivity index (χ4n) is 1.47. The number of aliphatic imine (C=N–C) groups is 1. The van der Waals surface area contributed by atoms with E-state index in [1.807, 2.05) is 6.92 Å². The second-order valence-electron chi connectivity index (χ2n) is 4.26. The van der Waals surface area contributed by atoms with E-state index in [4.69, 9.17) is 0 Å². The van der Waals surface area contributed by atoms with Crippen LogP contribution in [0.1, 0.15) is 46.0 Å². The zero-order valence-electron chi connectivity index (χ0n) is 12.0. The fraction of sp³-hybridized carbons (Fsp3) is 0.846. The maximum atomic E-state index is 11.4. The van der Waals surface area contributed by atoms with E-state index in [9.17, 15) is 4.79 Å². The number of unbranched alkanes of at least 4 members (excludes halogenated alkanes) is 3. The van der Waals surface area contributed by atoms with Crippen molar-refractivity contribution in [3.63, 3.8) is 0 Å². The predicted octanol–water partition coefficient (Wildman–Crippen LogP) is 1.26. The Morgan fingerprint density at radius 1 is 0.944 bits per heavy atom. The Morgan fingerprint density at radius 3 is 2.33 bits per heavy atom. The molecule has 0 atom stereocenters. The van der Waals surface area contributed by atoms with E-state index in [0.29, 0.717) is 5.96 Å². The van der Waals surface area contributed by atoms with E-state index >= 15 is 0 Å². The number of amides is 1. The van der Waals surface area contributed by atoms with E-state index in [0.717, 1.165) is 25.9 Å². The van der Waals surface area contributed by atoms with Crippen molar-refractivity contribution in [2.24, 2.45) is 4.99 Å². The van der Waals surface area contributed by atoms with Crippen molar-refractivity contribution >= 4 is 11.9 Å². The molecule has 0 fully saturated rings. The third-order valence-electron chi connectivity index (χ3n) is 2.53. The highest BCUT2D eigenvalue weighted by molar-refractivity contribution is 5.86. The van der Waals surface area contributed by atoms with Crippen molar-refractivity contribution < 1.29 is 4.79 Å². The van der Waals surface area contributed by atoms with Crippen molar-refractivity contribution in [1.29, 1.82) is 0 Å². The lowest BCUT2D eigenvalue weighted by atomic mass is 10.2. The smallest absolute Gasteiger partial charge is 0.239 e. The Balaban J connectivity index is 3.61. The third kappa shape index (κ3) is 9.93. The van der Waals surface area contributed by atoms with E-state index in [1.165, 1.54) is 19.3 Å². The van der Waals surface area contributed by atoms with Crippen LogP contribution in [-0.4, -0.2) is 38.5 Å². The summed E-state index contributed by atoms with van der Waals surface area (Å²) in [5.74, 6) is 0.698. The average Bonchev–Trinajstić information content (AvgIpc) is 2.39. The van der Waals surface area contributed by atoms with Gasteiger partial charge in [0.25, 0.3) is 0 Å². The highest BCUT2D eigenvalue weighted by atomic mass is 16.1. The second-order valence-corrected chi connectivity index (χ2v) is 4.26. The number of hydrogen-bond acceptors (Lipinski definition) is 2. The Kier molecular flexibility index (Phi) is 11.3. The molecule has 0 aliphatic carbocycles. The van der Waals surface area contributed by atoms with Gasteiger partial charge in [-0.05, 0) is 12.8 Å². The van der Waals surface area contributed by atoms with Crippen LogP contribution in [0.5, 0.6) is 0 Å². The van der Waals surface area contributed by atoms with Crippen LogP contribution in [0.15, 0.2) is 4.99 Å². The van der Waals surface area contributed by atoms with Gasteiger partial charge >= 0.3 is 0 Å². The minimum atomic E-state index is 0.00535. The standard InChI is InChI=1S/C13H28N4O/c1-4-6-7-8-10-16-13(14-3)17-11-12(18)15-9-5-2/h4-11H2,1-3H3,(H,15,18)(H2,14,16,17). The molecule has 0 aromatic rings. The first kappa shape index (κ1) is 16.7. The normalized spacial score (nSPS) is 11.2. The molecule has 0 unspecified atom stereocenters. The van der Waals surface area contributed by atoms with E-state index < -0.39 is 0 Å². The van der Waals surface area contributed by atoms with Gasteiger partial charge in [0, 0.05) is 20.1 Å². The molecule has 106 valence electrons. The first-order valence-electron chi connectivity index (χ1n) is 6.95. The topological polar surface area (TPSA) is 65.5 Å². The quantitative estimate of drug-likeness (QED) is 0.330. The van der Waals surface area contributed by atoms with Crippen LogP contribution in [0.2, 0.25) is 0 Å². The summed E-state index contributed by atoms with van der Waals surface area (Å²) in [6.45, 7) is 6.13. The Morgan fingerprint density at radius 2 is 1.72 bits per heavy atom. The van der Waals surface area contributed by atoms with Gasteiger partial charge in [-0.2, -0.15) is 0 Å². The highest BCUT2D eigenvalue weighted by Crippen LogP contribution is 1.96. The molecular weight excluding hydrogens is 228 g/mol. The number of hydrogen-bond donors (Lipinski definition) is 3. The molecule has 0 heterocycles. The van der Waals surface area contributed by atoms with Gasteiger partial charge < -0.3 is 16.0 Å². The molecule has 0 saturated heterocycles. The van der Waals surface area contributed by atoms with Crippen LogP contribution >= 0.6 is 0 Å². The molecule has 0 rings (SSSR count). The van der Waals surface area contributed by atoms with Gasteiger partial charge in [-0.1, -0.05) is 33.1 Å². The summed E-state index contributed by atoms with van der Waals surface area (Å²) < 4.78 is 0. The van der Waals surface area contributed by atoms with Gasteiger partial charge in [-0.25, -0.2) is 0 Å². The van der Waals surface area contributed by atoms with Crippen molar-refractivity contribution in [1.82, 2.24) is 16.0 Å². The number of rotatable bonds is 9. The maximum absolute atomic E-state index is 11.4. The molecule has 0 spiro atoms. The van der Waals surface area contributed by atoms with E-state index in [-0.39, 0.29) is 12.5 Å². The summed E-state index contributed by atoms with van der Waals surface area (Å²) in [5, 5.41) is 9.01. The molecule has 3 N–H and O–H groups in total. The van der Waals surface area contributed by atoms with Crippen molar-refractivity contribution in [2.75, 3.05) is 26.7 Å². The summed E-state index contributed by atoms with van der Waals surface area (Å²) in [6, 6.07) is 0. The minimum absolute atomic E-state index is 0.00535. The van der Waals surface area contributed by atoms with Crippen LogP contribution in [0, 0.1) is 0 Å². The highest BCUT2D eigenvalue weighted by Gasteiger charge is 2.01. The molecule has 1 amide bonds. The Bertz CT molecular complexity index is 241. The van der Waals surface area contributed by atoms with Crippen molar-refractivity contribution in [3.8, 4) is 0 Å². The summed E-state index contributed by atoms with van der Waals surface area (Å²) in [7, 11) is 1.71. The third-order valence-corrected chi connectivity index (χ3v) is 2.53. The van der Waals surface area contributed by atoms with Gasteiger partial charge in [-0.3, -0.25) is 9.79 Å². The molecular formula is C13H28N4O. The SMILES string of the molecule is CCCCCCNC(=NC)NCC(=O)NCCC. The van der Waals surface area contributed by atoms with Crippen LogP contribution < -0.4 is 16.0 Å². The lowest BCUT2D eigenvalue weighted by Crippen LogP contribution is -2.43. The minimum Gasteiger partial charge on any atom is -0.356 e. The lowest BCUT2D eigenvalue weighted by molar-refractivity contribution is -0.120.